The van der Waals surface area contributed by atoms with Crippen LogP contribution < -0.4 is 11.1 Å². The van der Waals surface area contributed by atoms with E-state index in [1.54, 1.807) is 21.6 Å². The number of amides is 2. The largest absolute Gasteiger partial charge is 0.345 e. The van der Waals surface area contributed by atoms with Crippen molar-refractivity contribution in [2.24, 2.45) is 5.73 Å². The fourth-order valence-electron chi connectivity index (χ4n) is 4.55. The quantitative estimate of drug-likeness (QED) is 0.516. The van der Waals surface area contributed by atoms with Gasteiger partial charge in [-0.15, -0.1) is 0 Å². The number of nitrogens with zero attached hydrogens (tertiary/aromatic N) is 3. The first kappa shape index (κ1) is 24.9. The van der Waals surface area contributed by atoms with E-state index in [2.05, 4.69) is 10.3 Å². The third-order valence-corrected chi connectivity index (χ3v) is 9.47. The maximum Gasteiger partial charge on any atom is 0.287 e. The number of benzene rings is 1. The van der Waals surface area contributed by atoms with Gasteiger partial charge in [0.1, 0.15) is 5.69 Å². The number of rotatable bonds is 10. The maximum atomic E-state index is 13.4. The predicted molar refractivity (Wildman–Crippen MR) is 133 cm³/mol. The lowest BCUT2D eigenvalue weighted by Crippen LogP contribution is -2.49. The van der Waals surface area contributed by atoms with Crippen molar-refractivity contribution in [3.05, 3.63) is 52.6 Å². The number of imidazole rings is 1. The normalized spacial score (nSPS) is 17.9. The van der Waals surface area contributed by atoms with E-state index < -0.39 is 10.8 Å². The summed E-state index contributed by atoms with van der Waals surface area (Å²) in [5, 5.41) is 3.49. The summed E-state index contributed by atoms with van der Waals surface area (Å²) in [4.78, 5) is 32.0. The summed E-state index contributed by atoms with van der Waals surface area (Å²) >= 11 is 5.91. The smallest absolute Gasteiger partial charge is 0.287 e. The fraction of sp³-hybridized carbons (Fsp3) is 0.542. The van der Waals surface area contributed by atoms with Crippen LogP contribution in [0.25, 0.3) is 0 Å². The molecular formula is C24H32ClN5O3S. The zero-order valence-corrected chi connectivity index (χ0v) is 21.3. The van der Waals surface area contributed by atoms with Gasteiger partial charge in [-0.3, -0.25) is 13.8 Å². The van der Waals surface area contributed by atoms with Gasteiger partial charge in [0, 0.05) is 46.7 Å². The Hall–Kier alpha value is -2.23. The summed E-state index contributed by atoms with van der Waals surface area (Å²) in [7, 11) is -1.07. The molecule has 10 heteroatoms. The lowest BCUT2D eigenvalue weighted by Gasteiger charge is -2.35. The Morgan fingerprint density at radius 2 is 1.97 bits per heavy atom. The van der Waals surface area contributed by atoms with Crippen molar-refractivity contribution in [3.63, 3.8) is 0 Å². The molecule has 1 fully saturated rings. The van der Waals surface area contributed by atoms with Crippen LogP contribution in [0.1, 0.15) is 66.2 Å². The molecule has 34 heavy (non-hydrogen) atoms. The van der Waals surface area contributed by atoms with Gasteiger partial charge in [0.05, 0.1) is 10.9 Å². The van der Waals surface area contributed by atoms with Crippen molar-refractivity contribution < 1.29 is 13.8 Å². The van der Waals surface area contributed by atoms with Gasteiger partial charge in [0.25, 0.3) is 11.8 Å². The Morgan fingerprint density at radius 1 is 1.26 bits per heavy atom. The van der Waals surface area contributed by atoms with E-state index >= 15 is 0 Å². The number of nitrogens with two attached hydrogens (primary N) is 1. The molecule has 8 nitrogen and oxygen atoms in total. The van der Waals surface area contributed by atoms with Gasteiger partial charge in [-0.2, -0.15) is 0 Å². The summed E-state index contributed by atoms with van der Waals surface area (Å²) in [5.41, 5.74) is 6.97. The van der Waals surface area contributed by atoms with E-state index in [0.717, 1.165) is 31.2 Å². The molecule has 0 radical (unpaired) electrons. The zero-order valence-electron chi connectivity index (χ0n) is 19.7. The Kier molecular flexibility index (Phi) is 7.17. The van der Waals surface area contributed by atoms with Gasteiger partial charge in [-0.1, -0.05) is 23.7 Å². The SMILES string of the molecule is CC(C)(CCCN)S(=O)C1(CN2CCn3c(cnc3C(=O)NCc3ccc(Cl)cc3)C2=O)CC1. The van der Waals surface area contributed by atoms with Gasteiger partial charge in [-0.05, 0) is 63.8 Å². The van der Waals surface area contributed by atoms with Gasteiger partial charge >= 0.3 is 0 Å². The Balaban J connectivity index is 1.41. The highest BCUT2D eigenvalue weighted by molar-refractivity contribution is 7.88. The molecule has 184 valence electrons. The molecule has 1 aliphatic heterocycles. The molecule has 0 spiro atoms. The summed E-state index contributed by atoms with van der Waals surface area (Å²) in [6, 6.07) is 7.24. The second-order valence-electron chi connectivity index (χ2n) is 9.76. The number of aromatic nitrogens is 2. The topological polar surface area (TPSA) is 110 Å². The van der Waals surface area contributed by atoms with Crippen LogP contribution in [0.3, 0.4) is 0 Å². The number of halogens is 1. The van der Waals surface area contributed by atoms with E-state index in [4.69, 9.17) is 17.3 Å². The van der Waals surface area contributed by atoms with Crippen LogP contribution >= 0.6 is 11.6 Å². The summed E-state index contributed by atoms with van der Waals surface area (Å²) < 4.78 is 14.4. The highest BCUT2D eigenvalue weighted by Crippen LogP contribution is 2.47. The number of nitrogens with one attached hydrogen (secondary N) is 1. The third-order valence-electron chi connectivity index (χ3n) is 6.69. The minimum absolute atomic E-state index is 0.168. The lowest BCUT2D eigenvalue weighted by atomic mass is 10.1. The first-order chi connectivity index (χ1) is 16.2. The molecule has 1 atom stereocenters. The predicted octanol–water partition coefficient (Wildman–Crippen LogP) is 2.72. The molecule has 1 aromatic heterocycles. The van der Waals surface area contributed by atoms with E-state index in [1.165, 1.54) is 6.20 Å². The number of hydrogen-bond donors (Lipinski definition) is 2. The number of carbonyl (C=O) groups is 2. The van der Waals surface area contributed by atoms with Gasteiger partial charge in [-0.25, -0.2) is 4.98 Å². The summed E-state index contributed by atoms with van der Waals surface area (Å²) in [5.74, 6) is -0.271. The fourth-order valence-corrected chi connectivity index (χ4v) is 6.92. The molecule has 0 saturated heterocycles. The second kappa shape index (κ2) is 9.79. The summed E-state index contributed by atoms with van der Waals surface area (Å²) in [6.45, 7) is 6.38. The molecule has 3 N–H and O–H groups in total. The van der Waals surface area contributed by atoms with Crippen LogP contribution in [-0.4, -0.2) is 59.6 Å². The number of carbonyl (C=O) groups excluding carboxylic acids is 2. The van der Waals surface area contributed by atoms with E-state index in [1.807, 2.05) is 26.0 Å². The minimum Gasteiger partial charge on any atom is -0.345 e. The van der Waals surface area contributed by atoms with Crippen LogP contribution in [0.2, 0.25) is 5.02 Å². The molecule has 2 heterocycles. The molecule has 0 bridgehead atoms. The third kappa shape index (κ3) is 5.06. The highest BCUT2D eigenvalue weighted by atomic mass is 35.5. The molecule has 2 amide bonds. The van der Waals surface area contributed by atoms with Crippen molar-refractivity contribution >= 4 is 34.2 Å². The van der Waals surface area contributed by atoms with E-state index in [-0.39, 0.29) is 27.1 Å². The number of fused-ring (bicyclic) bond motifs is 1. The van der Waals surface area contributed by atoms with Gasteiger partial charge in [0.15, 0.2) is 5.82 Å². The van der Waals surface area contributed by atoms with Crippen molar-refractivity contribution in [1.29, 1.82) is 0 Å². The molecule has 1 aliphatic carbocycles. The molecule has 1 saturated carbocycles. The standard InChI is InChI=1S/C24H32ClN5O3S/c1-23(2,8-3-11-26)34(33)24(9-10-24)16-29-12-13-30-19(22(29)32)15-27-20(30)21(31)28-14-17-4-6-18(25)7-5-17/h4-7,15H,3,8-14,16,26H2,1-2H3,(H,28,31). The zero-order chi connectivity index (χ0) is 24.5. The van der Waals surface area contributed by atoms with Crippen molar-refractivity contribution in [2.45, 2.75) is 62.1 Å². The molecular weight excluding hydrogens is 474 g/mol. The van der Waals surface area contributed by atoms with Gasteiger partial charge in [0.2, 0.25) is 0 Å². The minimum atomic E-state index is -1.07. The van der Waals surface area contributed by atoms with E-state index in [9.17, 15) is 13.8 Å². The first-order valence-corrected chi connectivity index (χ1v) is 13.2. The average molecular weight is 506 g/mol. The Morgan fingerprint density at radius 3 is 2.62 bits per heavy atom. The first-order valence-electron chi connectivity index (χ1n) is 11.7. The van der Waals surface area contributed by atoms with Gasteiger partial charge < -0.3 is 20.5 Å². The van der Waals surface area contributed by atoms with Crippen LogP contribution in [0, 0.1) is 0 Å². The monoisotopic (exact) mass is 505 g/mol. The Bertz CT molecular complexity index is 1090. The molecule has 4 rings (SSSR count). The van der Waals surface area contributed by atoms with Crippen molar-refractivity contribution in [1.82, 2.24) is 19.8 Å². The highest BCUT2D eigenvalue weighted by Gasteiger charge is 2.54. The van der Waals surface area contributed by atoms with Crippen LogP contribution in [0.15, 0.2) is 30.5 Å². The van der Waals surface area contributed by atoms with Crippen LogP contribution in [0.5, 0.6) is 0 Å². The molecule has 1 unspecified atom stereocenters. The second-order valence-corrected chi connectivity index (χ2v) is 12.7. The van der Waals surface area contributed by atoms with Crippen molar-refractivity contribution in [2.75, 3.05) is 19.6 Å². The van der Waals surface area contributed by atoms with Crippen LogP contribution in [0.4, 0.5) is 0 Å². The lowest BCUT2D eigenvalue weighted by molar-refractivity contribution is 0.0698. The number of hydrogen-bond acceptors (Lipinski definition) is 5. The Labute approximate surface area is 207 Å². The van der Waals surface area contributed by atoms with Crippen LogP contribution in [-0.2, 0) is 23.9 Å². The molecule has 2 aliphatic rings. The average Bonchev–Trinajstić information content (AvgIpc) is 3.47. The maximum absolute atomic E-state index is 13.4. The molecule has 1 aromatic carbocycles. The summed E-state index contributed by atoms with van der Waals surface area (Å²) in [6.07, 6.45) is 4.81. The molecule has 2 aromatic rings. The van der Waals surface area contributed by atoms with E-state index in [0.29, 0.717) is 43.4 Å². The van der Waals surface area contributed by atoms with Crippen molar-refractivity contribution in [3.8, 4) is 0 Å².